The van der Waals surface area contributed by atoms with Crippen LogP contribution < -0.4 is 0 Å². The Morgan fingerprint density at radius 3 is 2.00 bits per heavy atom. The molecule has 0 amide bonds. The van der Waals surface area contributed by atoms with Crippen LogP contribution in [0.2, 0.25) is 0 Å². The van der Waals surface area contributed by atoms with E-state index in [1.807, 2.05) is 0 Å². The number of hydrogen-bond donors (Lipinski definition) is 1. The fraction of sp³-hybridized carbons (Fsp3) is 0. The molecule has 4 heavy (non-hydrogen) atoms. The molecule has 0 aromatic heterocycles. The maximum atomic E-state index is 7.21. The van der Waals surface area contributed by atoms with Crippen molar-refractivity contribution in [2.24, 2.45) is 10.4 Å². The molecule has 0 aliphatic carbocycles. The van der Waals surface area contributed by atoms with Crippen molar-refractivity contribution < 1.29 is 5.21 Å². The van der Waals surface area contributed by atoms with Crippen molar-refractivity contribution in [3.63, 3.8) is 0 Å². The summed E-state index contributed by atoms with van der Waals surface area (Å²) >= 11 is 0. The van der Waals surface area contributed by atoms with Crippen molar-refractivity contribution in [2.45, 2.75) is 0 Å². The molecule has 0 aliphatic heterocycles. The molecule has 22 valence electrons. The highest BCUT2D eigenvalue weighted by Crippen LogP contribution is 1.52. The second-order valence-corrected chi connectivity index (χ2v) is 0.205. The normalized spacial score (nSPS) is 9.25. The van der Waals surface area contributed by atoms with E-state index in [2.05, 4.69) is 17.4 Å². The fourth-order valence-corrected chi connectivity index (χ4v) is 0. The first-order chi connectivity index (χ1) is 1.91. The van der Waals surface area contributed by atoms with Crippen LogP contribution in [0.3, 0.4) is 0 Å². The Labute approximate surface area is 23.9 Å². The molecule has 0 saturated carbocycles. The molecule has 0 unspecified atom stereocenters. The van der Waals surface area contributed by atoms with Crippen LogP contribution in [0.25, 0.3) is 0 Å². The lowest BCUT2D eigenvalue weighted by molar-refractivity contribution is 0.287. The van der Waals surface area contributed by atoms with Gasteiger partial charge in [-0.3, -0.25) is 0 Å². The molecule has 0 bridgehead atoms. The van der Waals surface area contributed by atoms with Crippen molar-refractivity contribution >= 4 is 0 Å². The minimum atomic E-state index is 2.14. The average Bonchev–Trinajstić information content (AvgIpc) is 1.37. The molecule has 0 aromatic carbocycles. The molecule has 0 aliphatic rings. The molecular formula is CH2N2O. The van der Waals surface area contributed by atoms with Crippen molar-refractivity contribution in [3.05, 3.63) is 7.05 Å². The Balaban J connectivity index is 2.55. The van der Waals surface area contributed by atoms with Gasteiger partial charge in [-0.25, -0.2) is 0 Å². The first-order valence-corrected chi connectivity index (χ1v) is 0.658. The molecule has 0 fully saturated rings. The van der Waals surface area contributed by atoms with E-state index in [0.29, 0.717) is 0 Å². The van der Waals surface area contributed by atoms with Crippen LogP contribution in [0.1, 0.15) is 0 Å². The highest BCUT2D eigenvalue weighted by molar-refractivity contribution is 4.05. The lowest BCUT2D eigenvalue weighted by Gasteiger charge is -1.52. The zero-order chi connectivity index (χ0) is 3.41. The molecule has 3 nitrogen and oxygen atoms in total. The Kier molecular flexibility index (Phi) is 2.04. The molecule has 0 atom stereocenters. The summed E-state index contributed by atoms with van der Waals surface area (Å²) in [6, 6.07) is 0. The van der Waals surface area contributed by atoms with Crippen LogP contribution in [-0.4, -0.2) is 5.21 Å². The third-order valence-corrected chi connectivity index (χ3v) is 0.0516. The molecule has 0 spiro atoms. The first kappa shape index (κ1) is 3.40. The largest absolute Gasteiger partial charge is 0.395 e. The molecule has 0 heterocycles. The molecule has 0 rings (SSSR count). The van der Waals surface area contributed by atoms with Gasteiger partial charge in [0.1, 0.15) is 7.05 Å². The van der Waals surface area contributed by atoms with Gasteiger partial charge in [-0.05, 0) is 0 Å². The van der Waals surface area contributed by atoms with Crippen molar-refractivity contribution in [1.82, 2.24) is 0 Å². The van der Waals surface area contributed by atoms with Crippen LogP contribution in [0.15, 0.2) is 10.4 Å². The highest BCUT2D eigenvalue weighted by atomic mass is 16.5. The van der Waals surface area contributed by atoms with Crippen molar-refractivity contribution in [3.8, 4) is 0 Å². The minimum absolute atomic E-state index is 2.14. The van der Waals surface area contributed by atoms with E-state index in [1.165, 1.54) is 0 Å². The third kappa shape index (κ3) is 1.40. The number of nitrogens with zero attached hydrogens (tertiary/aromatic N) is 2. The van der Waals surface area contributed by atoms with Crippen LogP contribution in [0.4, 0.5) is 0 Å². The van der Waals surface area contributed by atoms with E-state index in [0.717, 1.165) is 0 Å². The summed E-state index contributed by atoms with van der Waals surface area (Å²) in [7, 11) is 4.24. The van der Waals surface area contributed by atoms with Gasteiger partial charge in [0.05, 0.1) is 0 Å². The zero-order valence-corrected chi connectivity index (χ0v) is 1.92. The summed E-state index contributed by atoms with van der Waals surface area (Å²) in [6.07, 6.45) is 0. The van der Waals surface area contributed by atoms with E-state index in [9.17, 15) is 0 Å². The molecule has 1 N–H and O–H groups in total. The zero-order valence-electron chi connectivity index (χ0n) is 1.92. The topological polar surface area (TPSA) is 45.0 Å². The Bertz CT molecular complexity index is 21.2. The summed E-state index contributed by atoms with van der Waals surface area (Å²) in [6.45, 7) is 0. The van der Waals surface area contributed by atoms with Gasteiger partial charge in [0.15, 0.2) is 0 Å². The lowest BCUT2D eigenvalue weighted by Crippen LogP contribution is -1.35. The predicted octanol–water partition coefficient (Wildman–Crippen LogP) is 0.496. The summed E-state index contributed by atoms with van der Waals surface area (Å²) in [5.41, 5.74) is 0. The van der Waals surface area contributed by atoms with E-state index >= 15 is 0 Å². The second kappa shape index (κ2) is 2.40. The van der Waals surface area contributed by atoms with Gasteiger partial charge < -0.3 is 5.21 Å². The molecule has 2 radical (unpaired) electrons. The van der Waals surface area contributed by atoms with Crippen LogP contribution in [0.5, 0.6) is 0 Å². The standard InChI is InChI=1S/CH2N2O/c1-2-3-4/h1H,(H,2,4). The van der Waals surface area contributed by atoms with Crippen LogP contribution >= 0.6 is 0 Å². The van der Waals surface area contributed by atoms with Gasteiger partial charge >= 0.3 is 0 Å². The van der Waals surface area contributed by atoms with Crippen LogP contribution in [0, 0.1) is 7.05 Å². The average molecular weight is 58.0 g/mol. The highest BCUT2D eigenvalue weighted by Gasteiger charge is 1.35. The Hall–Kier alpha value is -0.600. The van der Waals surface area contributed by atoms with Gasteiger partial charge in [0.25, 0.3) is 0 Å². The summed E-state index contributed by atoms with van der Waals surface area (Å²) in [4.78, 5) is 0. The first-order valence-electron chi connectivity index (χ1n) is 0.658. The maximum absolute atomic E-state index is 7.21. The van der Waals surface area contributed by atoms with Crippen molar-refractivity contribution in [1.29, 1.82) is 0 Å². The van der Waals surface area contributed by atoms with E-state index in [-0.39, 0.29) is 0 Å². The van der Waals surface area contributed by atoms with Gasteiger partial charge in [0, 0.05) is 5.28 Å². The van der Waals surface area contributed by atoms with Gasteiger partial charge in [-0.15, -0.1) is 5.11 Å². The summed E-state index contributed by atoms with van der Waals surface area (Å²) in [5.74, 6) is 0. The SMILES string of the molecule is [CH]/N=N/O. The van der Waals surface area contributed by atoms with Gasteiger partial charge in [-0.1, -0.05) is 0 Å². The second-order valence-electron chi connectivity index (χ2n) is 0.205. The maximum Gasteiger partial charge on any atom is 0.127 e. The Morgan fingerprint density at radius 1 is 1.75 bits per heavy atom. The minimum Gasteiger partial charge on any atom is -0.395 e. The third-order valence-electron chi connectivity index (χ3n) is 0.0516. The van der Waals surface area contributed by atoms with Gasteiger partial charge in [0.2, 0.25) is 0 Å². The molecule has 0 saturated heterocycles. The summed E-state index contributed by atoms with van der Waals surface area (Å²) in [5, 5.41) is 11.8. The van der Waals surface area contributed by atoms with E-state index in [1.54, 1.807) is 0 Å². The monoisotopic (exact) mass is 58.0 g/mol. The number of rotatable bonds is 0. The van der Waals surface area contributed by atoms with E-state index in [4.69, 9.17) is 5.21 Å². The summed E-state index contributed by atoms with van der Waals surface area (Å²) < 4.78 is 0. The predicted molar refractivity (Wildman–Crippen MR) is 10.9 cm³/mol. The quantitative estimate of drug-likeness (QED) is 0.320. The van der Waals surface area contributed by atoms with E-state index < -0.39 is 0 Å². The smallest absolute Gasteiger partial charge is 0.127 e. The molecule has 0 aromatic rings. The number of hydrogen-bond acceptors (Lipinski definition) is 2. The van der Waals surface area contributed by atoms with Crippen LogP contribution in [-0.2, 0) is 0 Å². The van der Waals surface area contributed by atoms with Gasteiger partial charge in [-0.2, -0.15) is 0 Å². The molecule has 3 heteroatoms. The molecular weight excluding hydrogens is 56.0 g/mol. The van der Waals surface area contributed by atoms with Crippen molar-refractivity contribution in [2.75, 3.05) is 0 Å². The Morgan fingerprint density at radius 2 is 2.00 bits per heavy atom. The fourth-order valence-electron chi connectivity index (χ4n) is 0. The lowest BCUT2D eigenvalue weighted by atomic mass is 11.6.